The van der Waals surface area contributed by atoms with Crippen molar-refractivity contribution < 1.29 is 17.9 Å². The fourth-order valence-electron chi connectivity index (χ4n) is 1.70. The van der Waals surface area contributed by atoms with Gasteiger partial charge >= 0.3 is 5.97 Å². The maximum Gasteiger partial charge on any atom is 0.327 e. The zero-order valence-electron chi connectivity index (χ0n) is 11.3. The van der Waals surface area contributed by atoms with Crippen molar-refractivity contribution in [3.63, 3.8) is 0 Å². The van der Waals surface area contributed by atoms with E-state index in [9.17, 15) is 13.2 Å². The minimum Gasteiger partial charge on any atom is -0.467 e. The summed E-state index contributed by atoms with van der Waals surface area (Å²) in [5, 5.41) is 2.87. The Hall–Kier alpha value is -1.56. The normalized spacial score (nSPS) is 12.8. The van der Waals surface area contributed by atoms with Crippen LogP contribution >= 0.6 is 0 Å². The van der Waals surface area contributed by atoms with Crippen LogP contribution in [0.1, 0.15) is 20.3 Å². The number of nitrogens with one attached hydrogen (secondary N) is 1. The summed E-state index contributed by atoms with van der Waals surface area (Å²) < 4.78 is 28.8. The number of para-hydroxylation sites is 1. The molecule has 6 heteroatoms. The fourth-order valence-corrected chi connectivity index (χ4v) is 3.21. The Labute approximate surface area is 113 Å². The van der Waals surface area contributed by atoms with Crippen LogP contribution in [0.15, 0.2) is 29.2 Å². The molecule has 0 amide bonds. The van der Waals surface area contributed by atoms with Crippen LogP contribution in [0.3, 0.4) is 0 Å². The molecule has 1 N–H and O–H groups in total. The number of ether oxygens (including phenoxy) is 1. The van der Waals surface area contributed by atoms with Crippen LogP contribution in [0, 0.1) is 0 Å². The number of carbonyl (C=O) groups is 1. The highest BCUT2D eigenvalue weighted by Crippen LogP contribution is 2.23. The van der Waals surface area contributed by atoms with Crippen LogP contribution in [0.2, 0.25) is 0 Å². The first-order valence-electron chi connectivity index (χ1n) is 6.08. The molecular weight excluding hydrogens is 266 g/mol. The van der Waals surface area contributed by atoms with Crippen LogP contribution in [0.4, 0.5) is 5.69 Å². The molecule has 0 saturated heterocycles. The van der Waals surface area contributed by atoms with Crippen molar-refractivity contribution in [2.45, 2.75) is 31.2 Å². The number of anilines is 1. The third-order valence-corrected chi connectivity index (χ3v) is 4.59. The summed E-state index contributed by atoms with van der Waals surface area (Å²) >= 11 is 0. The van der Waals surface area contributed by atoms with Gasteiger partial charge in [0.15, 0.2) is 9.84 Å². The minimum atomic E-state index is -3.33. The largest absolute Gasteiger partial charge is 0.467 e. The summed E-state index contributed by atoms with van der Waals surface area (Å²) in [6, 6.07) is 5.95. The molecule has 1 unspecified atom stereocenters. The maximum absolute atomic E-state index is 12.1. The first-order valence-corrected chi connectivity index (χ1v) is 7.73. The molecule has 0 aromatic heterocycles. The van der Waals surface area contributed by atoms with Crippen LogP contribution in [0.25, 0.3) is 0 Å². The molecule has 0 fully saturated rings. The zero-order valence-corrected chi connectivity index (χ0v) is 12.2. The molecule has 0 bridgehead atoms. The fraction of sp³-hybridized carbons (Fsp3) is 0.462. The van der Waals surface area contributed by atoms with Crippen LogP contribution < -0.4 is 5.32 Å². The van der Waals surface area contributed by atoms with Crippen molar-refractivity contribution in [1.29, 1.82) is 0 Å². The third kappa shape index (κ3) is 3.96. The van der Waals surface area contributed by atoms with Crippen molar-refractivity contribution in [3.8, 4) is 0 Å². The van der Waals surface area contributed by atoms with Crippen LogP contribution in [-0.2, 0) is 19.4 Å². The second kappa shape index (κ2) is 6.56. The third-order valence-electron chi connectivity index (χ3n) is 2.62. The molecular formula is C13H19NO4S. The van der Waals surface area contributed by atoms with Gasteiger partial charge in [-0.1, -0.05) is 19.1 Å². The molecule has 0 heterocycles. The lowest BCUT2D eigenvalue weighted by atomic mass is 10.2. The molecule has 0 spiro atoms. The van der Waals surface area contributed by atoms with Gasteiger partial charge in [0.2, 0.25) is 0 Å². The van der Waals surface area contributed by atoms with Gasteiger partial charge in [-0.2, -0.15) is 0 Å². The summed E-state index contributed by atoms with van der Waals surface area (Å²) in [4.78, 5) is 11.6. The van der Waals surface area contributed by atoms with Gasteiger partial charge in [-0.25, -0.2) is 13.2 Å². The lowest BCUT2D eigenvalue weighted by Crippen LogP contribution is -2.28. The number of sulfone groups is 1. The molecule has 106 valence electrons. The van der Waals surface area contributed by atoms with Crippen molar-refractivity contribution in [2.75, 3.05) is 18.2 Å². The van der Waals surface area contributed by atoms with E-state index in [2.05, 4.69) is 10.1 Å². The molecule has 0 aliphatic rings. The Kier molecular flexibility index (Phi) is 5.35. The smallest absolute Gasteiger partial charge is 0.327 e. The number of esters is 1. The van der Waals surface area contributed by atoms with Gasteiger partial charge in [0.1, 0.15) is 6.04 Å². The van der Waals surface area contributed by atoms with E-state index >= 15 is 0 Å². The molecule has 1 rings (SSSR count). The van der Waals surface area contributed by atoms with Crippen molar-refractivity contribution in [1.82, 2.24) is 0 Å². The Balaban J connectivity index is 3.07. The van der Waals surface area contributed by atoms with E-state index in [1.54, 1.807) is 25.1 Å². The minimum absolute atomic E-state index is 0.0816. The second-order valence-electron chi connectivity index (χ2n) is 4.20. The number of carbonyl (C=O) groups excluding carboxylic acids is 1. The molecule has 0 radical (unpaired) electrons. The van der Waals surface area contributed by atoms with E-state index in [0.717, 1.165) is 0 Å². The second-order valence-corrected chi connectivity index (χ2v) is 6.28. The summed E-state index contributed by atoms with van der Waals surface area (Å²) in [5.74, 6) is -0.360. The Morgan fingerprint density at radius 3 is 2.58 bits per heavy atom. The molecule has 1 atom stereocenters. The van der Waals surface area contributed by atoms with Gasteiger partial charge in [0.25, 0.3) is 0 Å². The number of benzene rings is 1. The monoisotopic (exact) mass is 285 g/mol. The lowest BCUT2D eigenvalue weighted by Gasteiger charge is -2.16. The quantitative estimate of drug-likeness (QED) is 0.807. The van der Waals surface area contributed by atoms with E-state index in [-0.39, 0.29) is 10.6 Å². The SMILES string of the molecule is CCCS(=O)(=O)c1ccccc1NC(C)C(=O)OC. The lowest BCUT2D eigenvalue weighted by molar-refractivity contribution is -0.141. The average Bonchev–Trinajstić information content (AvgIpc) is 2.38. The van der Waals surface area contributed by atoms with Crippen LogP contribution in [-0.4, -0.2) is 33.3 Å². The highest BCUT2D eigenvalue weighted by molar-refractivity contribution is 7.91. The maximum atomic E-state index is 12.1. The van der Waals surface area contributed by atoms with Gasteiger partial charge in [-0.15, -0.1) is 0 Å². The predicted molar refractivity (Wildman–Crippen MR) is 73.9 cm³/mol. The molecule has 0 aliphatic heterocycles. The number of rotatable bonds is 6. The van der Waals surface area contributed by atoms with E-state index in [0.29, 0.717) is 12.1 Å². The molecule has 5 nitrogen and oxygen atoms in total. The number of methoxy groups -OCH3 is 1. The Morgan fingerprint density at radius 2 is 2.00 bits per heavy atom. The average molecular weight is 285 g/mol. The van der Waals surface area contributed by atoms with Crippen molar-refractivity contribution in [3.05, 3.63) is 24.3 Å². The molecule has 0 saturated carbocycles. The molecule has 1 aromatic carbocycles. The van der Waals surface area contributed by atoms with E-state index < -0.39 is 21.8 Å². The predicted octanol–water partition coefficient (Wildman–Crippen LogP) is 1.84. The zero-order chi connectivity index (χ0) is 14.5. The van der Waals surface area contributed by atoms with Crippen molar-refractivity contribution >= 4 is 21.5 Å². The summed E-state index contributed by atoms with van der Waals surface area (Å²) in [5.41, 5.74) is 0.425. The highest BCUT2D eigenvalue weighted by atomic mass is 32.2. The van der Waals surface area contributed by atoms with Gasteiger partial charge in [0, 0.05) is 0 Å². The molecule has 19 heavy (non-hydrogen) atoms. The topological polar surface area (TPSA) is 72.5 Å². The van der Waals surface area contributed by atoms with Gasteiger partial charge < -0.3 is 10.1 Å². The first-order chi connectivity index (χ1) is 8.92. The van der Waals surface area contributed by atoms with Crippen molar-refractivity contribution in [2.24, 2.45) is 0 Å². The molecule has 0 aliphatic carbocycles. The Bertz CT molecular complexity index is 539. The standard InChI is InChI=1S/C13H19NO4S/c1-4-9-19(16,17)12-8-6-5-7-11(12)14-10(2)13(15)18-3/h5-8,10,14H,4,9H2,1-3H3. The molecule has 1 aromatic rings. The van der Waals surface area contributed by atoms with E-state index in [4.69, 9.17) is 0 Å². The highest BCUT2D eigenvalue weighted by Gasteiger charge is 2.20. The summed E-state index contributed by atoms with van der Waals surface area (Å²) in [6.07, 6.45) is 0.545. The first kappa shape index (κ1) is 15.5. The summed E-state index contributed by atoms with van der Waals surface area (Å²) in [6.45, 7) is 3.43. The number of hydrogen-bond donors (Lipinski definition) is 1. The van der Waals surface area contributed by atoms with Crippen LogP contribution in [0.5, 0.6) is 0 Å². The Morgan fingerprint density at radius 1 is 1.37 bits per heavy atom. The van der Waals surface area contributed by atoms with E-state index in [1.165, 1.54) is 13.2 Å². The van der Waals surface area contributed by atoms with Gasteiger partial charge in [-0.05, 0) is 25.5 Å². The number of hydrogen-bond acceptors (Lipinski definition) is 5. The van der Waals surface area contributed by atoms with Gasteiger partial charge in [-0.3, -0.25) is 0 Å². The van der Waals surface area contributed by atoms with E-state index in [1.807, 2.05) is 6.92 Å². The summed E-state index contributed by atoms with van der Waals surface area (Å²) in [7, 11) is -2.04. The van der Waals surface area contributed by atoms with Gasteiger partial charge in [0.05, 0.1) is 23.4 Å².